The molecule has 0 aromatic rings. The van der Waals surface area contributed by atoms with Crippen LogP contribution in [0.5, 0.6) is 0 Å². The van der Waals surface area contributed by atoms with Crippen LogP contribution in [-0.2, 0) is 14.5 Å². The van der Waals surface area contributed by atoms with Crippen LogP contribution in [0.4, 0.5) is 4.53 Å². The van der Waals surface area contributed by atoms with Crippen molar-refractivity contribution < 1.29 is 19.1 Å². The number of rotatable bonds is 2. The van der Waals surface area contributed by atoms with Crippen molar-refractivity contribution in [1.29, 1.82) is 0 Å². The van der Waals surface area contributed by atoms with Crippen LogP contribution < -0.4 is 0 Å². The van der Waals surface area contributed by atoms with Gasteiger partial charge in [0, 0.05) is 4.53 Å². The highest BCUT2D eigenvalue weighted by Gasteiger charge is 2.07. The van der Waals surface area contributed by atoms with Crippen molar-refractivity contribution in [2.45, 2.75) is 6.42 Å². The minimum atomic E-state index is -1.27. The lowest BCUT2D eigenvalue weighted by Crippen LogP contribution is -2.01. The van der Waals surface area contributed by atoms with Crippen molar-refractivity contribution in [2.75, 3.05) is 0 Å². The largest absolute Gasteiger partial charge is 0.357 e. The topological polar surface area (TPSA) is 43.4 Å². The van der Waals surface area contributed by atoms with Crippen LogP contribution in [0.3, 0.4) is 0 Å². The molecular formula is C3H2ClFO3. The summed E-state index contributed by atoms with van der Waals surface area (Å²) in [6.07, 6.45) is -0.724. The second-order valence-corrected chi connectivity index (χ2v) is 1.40. The van der Waals surface area contributed by atoms with Crippen molar-refractivity contribution >= 4 is 22.8 Å². The predicted octanol–water partition coefficient (Wildman–Crippen LogP) is 0.570. The van der Waals surface area contributed by atoms with Gasteiger partial charge in [-0.15, -0.1) is 0 Å². The Morgan fingerprint density at radius 2 is 2.12 bits per heavy atom. The minimum absolute atomic E-state index is 0.724. The van der Waals surface area contributed by atoms with Gasteiger partial charge in [-0.25, -0.2) is 4.79 Å². The molecule has 3 nitrogen and oxygen atoms in total. The summed E-state index contributed by atoms with van der Waals surface area (Å²) in [6.45, 7) is 0. The molecule has 0 aliphatic heterocycles. The van der Waals surface area contributed by atoms with Crippen LogP contribution in [0.15, 0.2) is 0 Å². The molecule has 46 valence electrons. The number of carbonyl (C=O) groups excluding carboxylic acids is 2. The van der Waals surface area contributed by atoms with Gasteiger partial charge in [-0.3, -0.25) is 9.74 Å². The molecular weight excluding hydrogens is 138 g/mol. The molecule has 0 rings (SSSR count). The Morgan fingerprint density at radius 3 is 2.25 bits per heavy atom. The van der Waals surface area contributed by atoms with Gasteiger partial charge in [0.2, 0.25) is 5.24 Å². The minimum Gasteiger partial charge on any atom is -0.281 e. The molecule has 0 radical (unpaired) electrons. The highest BCUT2D eigenvalue weighted by Crippen LogP contribution is 1.91. The molecule has 0 aliphatic carbocycles. The van der Waals surface area contributed by atoms with Crippen LogP contribution in [0, 0.1) is 0 Å². The van der Waals surface area contributed by atoms with Crippen molar-refractivity contribution in [3.63, 3.8) is 0 Å². The molecule has 0 fully saturated rings. The lowest BCUT2D eigenvalue weighted by molar-refractivity contribution is -0.183. The van der Waals surface area contributed by atoms with Crippen LogP contribution in [-0.4, -0.2) is 11.2 Å². The molecule has 0 aromatic carbocycles. The molecule has 0 aromatic heterocycles. The third kappa shape index (κ3) is 3.55. The average molecular weight is 140 g/mol. The van der Waals surface area contributed by atoms with Crippen molar-refractivity contribution in [1.82, 2.24) is 0 Å². The van der Waals surface area contributed by atoms with E-state index in [9.17, 15) is 14.1 Å². The van der Waals surface area contributed by atoms with E-state index in [0.29, 0.717) is 0 Å². The lowest BCUT2D eigenvalue weighted by atomic mass is 10.5. The molecule has 8 heavy (non-hydrogen) atoms. The number of hydrogen-bond acceptors (Lipinski definition) is 3. The van der Waals surface area contributed by atoms with E-state index >= 15 is 0 Å². The van der Waals surface area contributed by atoms with E-state index in [1.54, 1.807) is 0 Å². The van der Waals surface area contributed by atoms with E-state index in [2.05, 4.69) is 16.5 Å². The molecule has 0 saturated heterocycles. The maximum atomic E-state index is 10.7. The molecule has 0 atom stereocenters. The first kappa shape index (κ1) is 7.36. The standard InChI is InChI=1S/C3H2ClFO3/c4-2(6)1-3(7)8-5/h1H2. The Kier molecular flexibility index (Phi) is 3.10. The van der Waals surface area contributed by atoms with Crippen molar-refractivity contribution in [3.8, 4) is 0 Å². The average Bonchev–Trinajstić information content (AvgIpc) is 1.65. The van der Waals surface area contributed by atoms with Gasteiger partial charge in [-0.2, -0.15) is 0 Å². The van der Waals surface area contributed by atoms with Crippen LogP contribution in [0.2, 0.25) is 0 Å². The molecule has 0 heterocycles. The summed E-state index contributed by atoms with van der Waals surface area (Å²) in [5.41, 5.74) is 0. The van der Waals surface area contributed by atoms with E-state index in [4.69, 9.17) is 0 Å². The zero-order valence-corrected chi connectivity index (χ0v) is 4.44. The van der Waals surface area contributed by atoms with Gasteiger partial charge in [0.15, 0.2) is 0 Å². The maximum absolute atomic E-state index is 10.7. The third-order valence-corrected chi connectivity index (χ3v) is 0.503. The third-order valence-electron chi connectivity index (χ3n) is 0.369. The van der Waals surface area contributed by atoms with Gasteiger partial charge in [0.1, 0.15) is 6.42 Å². The Balaban J connectivity index is 3.40. The van der Waals surface area contributed by atoms with Crippen LogP contribution in [0.25, 0.3) is 0 Å². The molecule has 0 bridgehead atoms. The quantitative estimate of drug-likeness (QED) is 0.416. The van der Waals surface area contributed by atoms with E-state index in [1.807, 2.05) is 0 Å². The first-order valence-corrected chi connectivity index (χ1v) is 2.04. The highest BCUT2D eigenvalue weighted by atomic mass is 35.5. The van der Waals surface area contributed by atoms with Crippen LogP contribution in [0.1, 0.15) is 6.42 Å². The van der Waals surface area contributed by atoms with Gasteiger partial charge in [0.05, 0.1) is 0 Å². The summed E-state index contributed by atoms with van der Waals surface area (Å²) in [5, 5.41) is -0.937. The Labute approximate surface area is 49.3 Å². The zero-order valence-electron chi connectivity index (χ0n) is 3.69. The highest BCUT2D eigenvalue weighted by molar-refractivity contribution is 6.64. The fraction of sp³-hybridized carbons (Fsp3) is 0.333. The maximum Gasteiger partial charge on any atom is 0.357 e. The molecule has 5 heteroatoms. The molecule has 0 unspecified atom stereocenters. The van der Waals surface area contributed by atoms with E-state index < -0.39 is 17.6 Å². The lowest BCUT2D eigenvalue weighted by Gasteiger charge is -1.83. The second-order valence-electron chi connectivity index (χ2n) is 0.981. The van der Waals surface area contributed by atoms with Gasteiger partial charge >= 0.3 is 5.97 Å². The molecule has 0 aliphatic rings. The van der Waals surface area contributed by atoms with Gasteiger partial charge in [-0.1, -0.05) is 0 Å². The number of carbonyl (C=O) groups is 2. The number of hydrogen-bond donors (Lipinski definition) is 0. The van der Waals surface area contributed by atoms with Gasteiger partial charge < -0.3 is 0 Å². The zero-order chi connectivity index (χ0) is 6.57. The normalized spacial score (nSPS) is 8.25. The summed E-state index contributed by atoms with van der Waals surface area (Å²) in [6, 6.07) is 0. The fourth-order valence-electron chi connectivity index (χ4n) is 0.141. The summed E-state index contributed by atoms with van der Waals surface area (Å²) < 4.78 is 10.7. The first-order valence-electron chi connectivity index (χ1n) is 1.66. The summed E-state index contributed by atoms with van der Waals surface area (Å²) in [7, 11) is 0. The number of halogens is 2. The summed E-state index contributed by atoms with van der Waals surface area (Å²) in [4.78, 5) is 22.0. The van der Waals surface area contributed by atoms with E-state index in [-0.39, 0.29) is 0 Å². The summed E-state index contributed by atoms with van der Waals surface area (Å²) in [5.74, 6) is -1.27. The SMILES string of the molecule is O=C(Cl)CC(=O)OF. The summed E-state index contributed by atoms with van der Waals surface area (Å²) >= 11 is 4.64. The van der Waals surface area contributed by atoms with Crippen molar-refractivity contribution in [2.24, 2.45) is 0 Å². The monoisotopic (exact) mass is 140 g/mol. The van der Waals surface area contributed by atoms with Crippen LogP contribution >= 0.6 is 11.6 Å². The van der Waals surface area contributed by atoms with Gasteiger partial charge in [-0.05, 0) is 11.6 Å². The van der Waals surface area contributed by atoms with Gasteiger partial charge in [0.25, 0.3) is 0 Å². The smallest absolute Gasteiger partial charge is 0.281 e. The molecule has 0 saturated carbocycles. The Bertz CT molecular complexity index is 113. The van der Waals surface area contributed by atoms with E-state index in [0.717, 1.165) is 0 Å². The molecule has 0 amide bonds. The Hall–Kier alpha value is -0.640. The molecule has 0 N–H and O–H groups in total. The first-order chi connectivity index (χ1) is 3.66. The molecule has 0 spiro atoms. The fourth-order valence-corrected chi connectivity index (χ4v) is 0.250. The second kappa shape index (κ2) is 3.37. The Morgan fingerprint density at radius 1 is 1.62 bits per heavy atom. The predicted molar refractivity (Wildman–Crippen MR) is 22.7 cm³/mol. The van der Waals surface area contributed by atoms with E-state index in [1.165, 1.54) is 0 Å². The van der Waals surface area contributed by atoms with Crippen molar-refractivity contribution in [3.05, 3.63) is 0 Å².